The summed E-state index contributed by atoms with van der Waals surface area (Å²) in [5, 5.41) is 10.2. The van der Waals surface area contributed by atoms with E-state index >= 15 is 0 Å². The molecule has 5 nitrogen and oxygen atoms in total. The summed E-state index contributed by atoms with van der Waals surface area (Å²) in [5.41, 5.74) is 0.843. The summed E-state index contributed by atoms with van der Waals surface area (Å²) < 4.78 is 0. The number of hydrogen-bond acceptors (Lipinski definition) is 3. The maximum atomic E-state index is 12.4. The number of hydrogen-bond donors (Lipinski definition) is 1. The van der Waals surface area contributed by atoms with Crippen molar-refractivity contribution in [1.29, 1.82) is 0 Å². The maximum absolute atomic E-state index is 12.4. The van der Waals surface area contributed by atoms with Crippen molar-refractivity contribution in [3.05, 3.63) is 35.9 Å². The van der Waals surface area contributed by atoms with Crippen LogP contribution in [-0.2, 0) is 9.59 Å². The van der Waals surface area contributed by atoms with Gasteiger partial charge < -0.3 is 14.9 Å². The Morgan fingerprint density at radius 3 is 2.76 bits per heavy atom. The summed E-state index contributed by atoms with van der Waals surface area (Å²) in [6, 6.07) is 9.13. The molecule has 2 aliphatic rings. The summed E-state index contributed by atoms with van der Waals surface area (Å²) in [7, 11) is 0. The zero-order chi connectivity index (χ0) is 14.8. The highest BCUT2D eigenvalue weighted by Gasteiger charge is 2.41. The van der Waals surface area contributed by atoms with Gasteiger partial charge in [-0.25, -0.2) is 0 Å². The third-order valence-corrected chi connectivity index (χ3v) is 4.35. The number of nitrogens with zero attached hydrogens (tertiary/aromatic N) is 2. The first-order chi connectivity index (χ1) is 10.2. The normalized spacial score (nSPS) is 23.4. The second kappa shape index (κ2) is 5.85. The third-order valence-electron chi connectivity index (χ3n) is 4.35. The second-order valence-corrected chi connectivity index (χ2v) is 5.72. The maximum Gasteiger partial charge on any atom is 0.245 e. The first-order valence-electron chi connectivity index (χ1n) is 7.48. The van der Waals surface area contributed by atoms with E-state index in [1.165, 1.54) is 0 Å². The molecule has 1 aromatic carbocycles. The van der Waals surface area contributed by atoms with Gasteiger partial charge in [0.05, 0.1) is 12.6 Å². The van der Waals surface area contributed by atoms with Crippen LogP contribution in [0.5, 0.6) is 0 Å². The molecule has 2 amide bonds. The fourth-order valence-corrected chi connectivity index (χ4v) is 3.17. The minimum absolute atomic E-state index is 0.0336. The number of benzene rings is 1. The van der Waals surface area contributed by atoms with E-state index in [2.05, 4.69) is 0 Å². The Hall–Kier alpha value is -1.88. The van der Waals surface area contributed by atoms with Crippen molar-refractivity contribution >= 4 is 11.8 Å². The Kier molecular flexibility index (Phi) is 3.92. The van der Waals surface area contributed by atoms with Gasteiger partial charge in [0, 0.05) is 13.1 Å². The molecule has 0 aromatic heterocycles. The third kappa shape index (κ3) is 2.78. The van der Waals surface area contributed by atoms with Gasteiger partial charge in [0.15, 0.2) is 0 Å². The van der Waals surface area contributed by atoms with Gasteiger partial charge in [-0.05, 0) is 24.8 Å². The molecule has 112 valence electrons. The van der Waals surface area contributed by atoms with Gasteiger partial charge >= 0.3 is 0 Å². The molecule has 2 aliphatic heterocycles. The highest BCUT2D eigenvalue weighted by atomic mass is 16.3. The van der Waals surface area contributed by atoms with E-state index in [1.807, 2.05) is 30.3 Å². The number of carbonyl (C=O) groups excluding carboxylic acids is 2. The highest BCUT2D eigenvalue weighted by molar-refractivity contribution is 5.95. The minimum atomic E-state index is -0.601. The zero-order valence-electron chi connectivity index (χ0n) is 11.9. The van der Waals surface area contributed by atoms with E-state index in [0.29, 0.717) is 19.5 Å². The topological polar surface area (TPSA) is 60.9 Å². The van der Waals surface area contributed by atoms with Crippen LogP contribution in [0.3, 0.4) is 0 Å². The number of aliphatic hydroxyl groups excluding tert-OH is 1. The average Bonchev–Trinajstić information content (AvgIpc) is 3.00. The van der Waals surface area contributed by atoms with E-state index in [1.54, 1.807) is 9.80 Å². The molecule has 1 N–H and O–H groups in total. The number of rotatable bonds is 4. The van der Waals surface area contributed by atoms with Gasteiger partial charge in [-0.2, -0.15) is 0 Å². The molecule has 0 bridgehead atoms. The fourth-order valence-electron chi connectivity index (χ4n) is 3.17. The number of piperazine rings is 1. The summed E-state index contributed by atoms with van der Waals surface area (Å²) >= 11 is 0. The molecular formula is C16H20N2O3. The van der Waals surface area contributed by atoms with Crippen LogP contribution in [0, 0.1) is 0 Å². The summed E-state index contributed by atoms with van der Waals surface area (Å²) in [4.78, 5) is 27.7. The first-order valence-corrected chi connectivity index (χ1v) is 7.48. The molecule has 0 saturated carbocycles. The lowest BCUT2D eigenvalue weighted by atomic mass is 10.1. The molecule has 3 rings (SSSR count). The van der Waals surface area contributed by atoms with Crippen LogP contribution in [0.15, 0.2) is 30.3 Å². The van der Waals surface area contributed by atoms with Crippen molar-refractivity contribution < 1.29 is 14.7 Å². The van der Waals surface area contributed by atoms with E-state index in [-0.39, 0.29) is 24.4 Å². The molecule has 1 aromatic rings. The molecule has 2 unspecified atom stereocenters. The largest absolute Gasteiger partial charge is 0.388 e. The van der Waals surface area contributed by atoms with Crippen LogP contribution in [0.25, 0.3) is 0 Å². The summed E-state index contributed by atoms with van der Waals surface area (Å²) in [5.74, 6) is 0.0682. The Morgan fingerprint density at radius 1 is 1.24 bits per heavy atom. The predicted octanol–water partition coefficient (Wildman–Crippen LogP) is 0.943. The van der Waals surface area contributed by atoms with Gasteiger partial charge in [0.2, 0.25) is 11.8 Å². The smallest absolute Gasteiger partial charge is 0.245 e. The molecule has 0 radical (unpaired) electrons. The average molecular weight is 288 g/mol. The van der Waals surface area contributed by atoms with Gasteiger partial charge in [-0.3, -0.25) is 9.59 Å². The van der Waals surface area contributed by atoms with Gasteiger partial charge in [-0.1, -0.05) is 30.3 Å². The van der Waals surface area contributed by atoms with Crippen LogP contribution < -0.4 is 0 Å². The lowest BCUT2D eigenvalue weighted by molar-refractivity contribution is -0.153. The van der Waals surface area contributed by atoms with Crippen LogP contribution >= 0.6 is 0 Å². The molecule has 2 heterocycles. The quantitative estimate of drug-likeness (QED) is 0.897. The van der Waals surface area contributed by atoms with E-state index in [9.17, 15) is 14.7 Å². The van der Waals surface area contributed by atoms with Crippen LogP contribution in [0.4, 0.5) is 0 Å². The summed E-state index contributed by atoms with van der Waals surface area (Å²) in [6.07, 6.45) is 1.52. The Morgan fingerprint density at radius 2 is 2.00 bits per heavy atom. The van der Waals surface area contributed by atoms with Crippen LogP contribution in [0.2, 0.25) is 0 Å². The van der Waals surface area contributed by atoms with Crippen molar-refractivity contribution in [1.82, 2.24) is 9.80 Å². The molecule has 0 spiro atoms. The Bertz CT molecular complexity index is 532. The predicted molar refractivity (Wildman–Crippen MR) is 77.3 cm³/mol. The number of amides is 2. The van der Waals surface area contributed by atoms with Gasteiger partial charge in [-0.15, -0.1) is 0 Å². The first kappa shape index (κ1) is 14.1. The SMILES string of the molecule is O=C1C2CCCN2C(=O)CN1CCC(O)c1ccccc1. The molecule has 5 heteroatoms. The van der Waals surface area contributed by atoms with Gasteiger partial charge in [0.1, 0.15) is 6.04 Å². The molecule has 2 fully saturated rings. The van der Waals surface area contributed by atoms with Crippen molar-refractivity contribution in [2.75, 3.05) is 19.6 Å². The molecule has 21 heavy (non-hydrogen) atoms. The monoisotopic (exact) mass is 288 g/mol. The fraction of sp³-hybridized carbons (Fsp3) is 0.500. The minimum Gasteiger partial charge on any atom is -0.388 e. The zero-order valence-corrected chi connectivity index (χ0v) is 11.9. The van der Waals surface area contributed by atoms with Crippen molar-refractivity contribution in [2.24, 2.45) is 0 Å². The van der Waals surface area contributed by atoms with Gasteiger partial charge in [0.25, 0.3) is 0 Å². The molecule has 2 saturated heterocycles. The number of carbonyl (C=O) groups is 2. The van der Waals surface area contributed by atoms with Crippen molar-refractivity contribution in [3.63, 3.8) is 0 Å². The molecule has 0 aliphatic carbocycles. The standard InChI is InChI=1S/C16H20N2O3/c19-14(12-5-2-1-3-6-12)8-10-17-11-15(20)18-9-4-7-13(18)16(17)21/h1-3,5-6,13-14,19H,4,7-11H2. The number of aliphatic hydroxyl groups is 1. The number of fused-ring (bicyclic) bond motifs is 1. The van der Waals surface area contributed by atoms with Crippen LogP contribution in [0.1, 0.15) is 30.9 Å². The lowest BCUT2D eigenvalue weighted by Crippen LogP contribution is -2.57. The lowest BCUT2D eigenvalue weighted by Gasteiger charge is -2.36. The Labute approximate surface area is 124 Å². The second-order valence-electron chi connectivity index (χ2n) is 5.72. The molecular weight excluding hydrogens is 268 g/mol. The van der Waals surface area contributed by atoms with E-state index in [0.717, 1.165) is 18.4 Å². The molecule has 2 atom stereocenters. The van der Waals surface area contributed by atoms with Crippen LogP contribution in [-0.4, -0.2) is 52.4 Å². The van der Waals surface area contributed by atoms with Crippen molar-refractivity contribution in [2.45, 2.75) is 31.4 Å². The summed E-state index contributed by atoms with van der Waals surface area (Å²) in [6.45, 7) is 1.28. The van der Waals surface area contributed by atoms with E-state index in [4.69, 9.17) is 0 Å². The van der Waals surface area contributed by atoms with Crippen molar-refractivity contribution in [3.8, 4) is 0 Å². The highest BCUT2D eigenvalue weighted by Crippen LogP contribution is 2.24. The van der Waals surface area contributed by atoms with E-state index < -0.39 is 6.10 Å². The Balaban J connectivity index is 1.60.